The van der Waals surface area contributed by atoms with Gasteiger partial charge in [0.25, 0.3) is 6.01 Å². The number of oxazole rings is 1. The normalized spacial score (nSPS) is 15.7. The Morgan fingerprint density at radius 3 is 2.70 bits per heavy atom. The first-order chi connectivity index (χ1) is 9.65. The Hall–Kier alpha value is -2.31. The molecule has 1 fully saturated rings. The number of fused-ring (bicyclic) bond motifs is 1. The second-order valence-electron chi connectivity index (χ2n) is 4.97. The van der Waals surface area contributed by atoms with Crippen LogP contribution in [0.1, 0.15) is 0 Å². The number of piperazine rings is 1. The van der Waals surface area contributed by atoms with Crippen LogP contribution in [0.5, 0.6) is 0 Å². The lowest BCUT2D eigenvalue weighted by Crippen LogP contribution is -2.51. The summed E-state index contributed by atoms with van der Waals surface area (Å²) in [4.78, 5) is 25.9. The van der Waals surface area contributed by atoms with E-state index in [1.54, 1.807) is 25.2 Å². The van der Waals surface area contributed by atoms with Gasteiger partial charge < -0.3 is 19.1 Å². The highest BCUT2D eigenvalue weighted by Crippen LogP contribution is 2.21. The molecule has 0 aliphatic carbocycles. The molecule has 3 rings (SSSR count). The number of urea groups is 1. The highest BCUT2D eigenvalue weighted by molar-refractivity contribution is 5.74. The monoisotopic (exact) mass is 275 g/mol. The van der Waals surface area contributed by atoms with Crippen molar-refractivity contribution in [1.82, 2.24) is 19.8 Å². The number of hydrogen-bond donors (Lipinski definition) is 0. The van der Waals surface area contributed by atoms with Crippen molar-refractivity contribution in [2.45, 2.75) is 0 Å². The van der Waals surface area contributed by atoms with E-state index in [2.05, 4.69) is 9.97 Å². The largest absolute Gasteiger partial charge is 0.422 e. The third-order valence-electron chi connectivity index (χ3n) is 3.36. The first-order valence-electron chi connectivity index (χ1n) is 6.58. The van der Waals surface area contributed by atoms with Gasteiger partial charge in [0.1, 0.15) is 0 Å². The molecule has 2 aromatic heterocycles. The first kappa shape index (κ1) is 12.7. The van der Waals surface area contributed by atoms with E-state index in [9.17, 15) is 4.79 Å². The van der Waals surface area contributed by atoms with Crippen molar-refractivity contribution in [3.63, 3.8) is 0 Å². The van der Waals surface area contributed by atoms with Gasteiger partial charge in [0.05, 0.1) is 0 Å². The third kappa shape index (κ3) is 2.26. The minimum absolute atomic E-state index is 0.0453. The van der Waals surface area contributed by atoms with E-state index in [-0.39, 0.29) is 6.03 Å². The Morgan fingerprint density at radius 1 is 1.30 bits per heavy atom. The summed E-state index contributed by atoms with van der Waals surface area (Å²) >= 11 is 0. The fourth-order valence-corrected chi connectivity index (χ4v) is 2.26. The molecule has 0 atom stereocenters. The molecule has 2 aromatic rings. The van der Waals surface area contributed by atoms with Crippen molar-refractivity contribution < 1.29 is 9.21 Å². The standard InChI is InChI=1S/C13H17N5O2/c1-16(2)13(19)18-8-6-17(7-9-18)12-15-11-10(20-12)4-3-5-14-11/h3-5H,6-9H2,1-2H3. The van der Waals surface area contributed by atoms with Gasteiger partial charge in [0.2, 0.25) is 5.65 Å². The Morgan fingerprint density at radius 2 is 2.05 bits per heavy atom. The molecule has 106 valence electrons. The second kappa shape index (κ2) is 4.99. The van der Waals surface area contributed by atoms with E-state index < -0.39 is 0 Å². The van der Waals surface area contributed by atoms with E-state index in [0.29, 0.717) is 43.4 Å². The second-order valence-corrected chi connectivity index (χ2v) is 4.97. The molecule has 3 heterocycles. The van der Waals surface area contributed by atoms with Gasteiger partial charge in [-0.3, -0.25) is 0 Å². The molecule has 7 nitrogen and oxygen atoms in total. The van der Waals surface area contributed by atoms with E-state index in [1.165, 1.54) is 0 Å². The molecule has 0 N–H and O–H groups in total. The van der Waals surface area contributed by atoms with Crippen LogP contribution in [0.25, 0.3) is 11.2 Å². The maximum absolute atomic E-state index is 11.9. The summed E-state index contributed by atoms with van der Waals surface area (Å²) in [5.41, 5.74) is 1.31. The molecule has 1 aliphatic heterocycles. The van der Waals surface area contributed by atoms with Gasteiger partial charge >= 0.3 is 6.03 Å². The number of nitrogens with zero attached hydrogens (tertiary/aromatic N) is 5. The molecule has 20 heavy (non-hydrogen) atoms. The predicted molar refractivity (Wildman–Crippen MR) is 74.7 cm³/mol. The van der Waals surface area contributed by atoms with E-state index >= 15 is 0 Å². The van der Waals surface area contributed by atoms with Gasteiger partial charge in [-0.2, -0.15) is 4.98 Å². The zero-order valence-corrected chi connectivity index (χ0v) is 11.6. The lowest BCUT2D eigenvalue weighted by atomic mass is 10.3. The minimum atomic E-state index is 0.0453. The van der Waals surface area contributed by atoms with Crippen LogP contribution in [0, 0.1) is 0 Å². The van der Waals surface area contributed by atoms with E-state index in [1.807, 2.05) is 21.9 Å². The lowest BCUT2D eigenvalue weighted by Gasteiger charge is -2.35. The minimum Gasteiger partial charge on any atom is -0.422 e. The SMILES string of the molecule is CN(C)C(=O)N1CCN(c2nc3ncccc3o2)CC1. The van der Waals surface area contributed by atoms with Crippen molar-refractivity contribution >= 4 is 23.3 Å². The van der Waals surface area contributed by atoms with Gasteiger partial charge in [-0.05, 0) is 12.1 Å². The summed E-state index contributed by atoms with van der Waals surface area (Å²) in [6.07, 6.45) is 1.70. The average Bonchev–Trinajstić information content (AvgIpc) is 2.90. The highest BCUT2D eigenvalue weighted by atomic mass is 16.4. The molecule has 1 aliphatic rings. The van der Waals surface area contributed by atoms with Crippen molar-refractivity contribution in [2.24, 2.45) is 0 Å². The van der Waals surface area contributed by atoms with Crippen molar-refractivity contribution in [3.8, 4) is 0 Å². The maximum Gasteiger partial charge on any atom is 0.319 e. The number of amides is 2. The van der Waals surface area contributed by atoms with Gasteiger partial charge in [-0.15, -0.1) is 0 Å². The molecule has 1 saturated heterocycles. The fourth-order valence-electron chi connectivity index (χ4n) is 2.26. The summed E-state index contributed by atoms with van der Waals surface area (Å²) < 4.78 is 5.69. The smallest absolute Gasteiger partial charge is 0.319 e. The number of anilines is 1. The molecule has 0 spiro atoms. The van der Waals surface area contributed by atoms with Gasteiger partial charge in [0.15, 0.2) is 5.58 Å². The number of rotatable bonds is 1. The topological polar surface area (TPSA) is 65.7 Å². The van der Waals surface area contributed by atoms with Crippen LogP contribution >= 0.6 is 0 Å². The van der Waals surface area contributed by atoms with Crippen molar-refractivity contribution in [3.05, 3.63) is 18.3 Å². The van der Waals surface area contributed by atoms with Gasteiger partial charge in [0, 0.05) is 46.5 Å². The van der Waals surface area contributed by atoms with Crippen LogP contribution in [0.4, 0.5) is 10.8 Å². The lowest BCUT2D eigenvalue weighted by molar-refractivity contribution is 0.167. The molecule has 7 heteroatoms. The third-order valence-corrected chi connectivity index (χ3v) is 3.36. The average molecular weight is 275 g/mol. The number of carbonyl (C=O) groups is 1. The van der Waals surface area contributed by atoms with Crippen LogP contribution in [-0.4, -0.2) is 66.1 Å². The molecular formula is C13H17N5O2. The van der Waals surface area contributed by atoms with Crippen LogP contribution in [0.15, 0.2) is 22.7 Å². The molecule has 0 radical (unpaired) electrons. The van der Waals surface area contributed by atoms with Crippen molar-refractivity contribution in [2.75, 3.05) is 45.2 Å². The summed E-state index contributed by atoms with van der Waals surface area (Å²) in [5, 5.41) is 0. The summed E-state index contributed by atoms with van der Waals surface area (Å²) in [5.74, 6) is 0. The summed E-state index contributed by atoms with van der Waals surface area (Å²) in [6.45, 7) is 2.77. The van der Waals surface area contributed by atoms with Crippen LogP contribution in [0.3, 0.4) is 0 Å². The Labute approximate surface area is 116 Å². The molecule has 0 bridgehead atoms. The quantitative estimate of drug-likeness (QED) is 0.777. The number of carbonyl (C=O) groups excluding carboxylic acids is 1. The summed E-state index contributed by atoms with van der Waals surface area (Å²) in [6, 6.07) is 4.30. The fraction of sp³-hybridized carbons (Fsp3) is 0.462. The molecule has 0 aromatic carbocycles. The highest BCUT2D eigenvalue weighted by Gasteiger charge is 2.24. The number of aromatic nitrogens is 2. The number of pyridine rings is 1. The number of hydrogen-bond acceptors (Lipinski definition) is 5. The van der Waals surface area contributed by atoms with E-state index in [0.717, 1.165) is 0 Å². The summed E-state index contributed by atoms with van der Waals surface area (Å²) in [7, 11) is 3.53. The predicted octanol–water partition coefficient (Wildman–Crippen LogP) is 1.03. The van der Waals surface area contributed by atoms with Crippen LogP contribution in [0.2, 0.25) is 0 Å². The van der Waals surface area contributed by atoms with Crippen molar-refractivity contribution in [1.29, 1.82) is 0 Å². The zero-order chi connectivity index (χ0) is 14.1. The molecule has 0 saturated carbocycles. The first-order valence-corrected chi connectivity index (χ1v) is 6.58. The van der Waals surface area contributed by atoms with Crippen LogP contribution < -0.4 is 4.90 Å². The Kier molecular flexibility index (Phi) is 3.17. The molecule has 0 unspecified atom stereocenters. The molecular weight excluding hydrogens is 258 g/mol. The Balaban J connectivity index is 1.70. The van der Waals surface area contributed by atoms with E-state index in [4.69, 9.17) is 4.42 Å². The Bertz CT molecular complexity index is 583. The van der Waals surface area contributed by atoms with Crippen LogP contribution in [-0.2, 0) is 0 Å². The zero-order valence-electron chi connectivity index (χ0n) is 11.6. The van der Waals surface area contributed by atoms with Gasteiger partial charge in [-0.25, -0.2) is 9.78 Å². The maximum atomic E-state index is 11.9. The molecule has 2 amide bonds. The van der Waals surface area contributed by atoms with Gasteiger partial charge in [-0.1, -0.05) is 0 Å².